The first-order chi connectivity index (χ1) is 8.15. The normalized spacial score (nSPS) is 25.4. The lowest BCUT2D eigenvalue weighted by atomic mass is 10.1. The largest absolute Gasteiger partial charge is 0.378 e. The van der Waals surface area contributed by atoms with Crippen LogP contribution in [0, 0.1) is 5.82 Å². The molecule has 0 amide bonds. The molecule has 17 heavy (non-hydrogen) atoms. The number of morpholine rings is 1. The Bertz CT molecular complexity index is 422. The molecule has 2 nitrogen and oxygen atoms in total. The van der Waals surface area contributed by atoms with E-state index in [0.717, 1.165) is 12.2 Å². The van der Waals surface area contributed by atoms with E-state index in [4.69, 9.17) is 16.3 Å². The molecule has 92 valence electrons. The van der Waals surface area contributed by atoms with Crippen molar-refractivity contribution in [1.29, 1.82) is 0 Å². The molecule has 0 saturated carbocycles. The van der Waals surface area contributed by atoms with Crippen LogP contribution in [0.15, 0.2) is 24.3 Å². The molecule has 0 radical (unpaired) electrons. The molecular weight excluding hydrogens is 241 g/mol. The number of rotatable bonds is 2. The van der Waals surface area contributed by atoms with Crippen molar-refractivity contribution in [3.05, 3.63) is 40.7 Å². The van der Waals surface area contributed by atoms with Gasteiger partial charge in [0.15, 0.2) is 0 Å². The van der Waals surface area contributed by atoms with E-state index in [1.807, 2.05) is 12.2 Å². The van der Waals surface area contributed by atoms with Crippen LogP contribution in [0.4, 0.5) is 4.39 Å². The maximum Gasteiger partial charge on any atom is 0.124 e. The molecule has 2 rings (SSSR count). The van der Waals surface area contributed by atoms with Crippen LogP contribution in [0.25, 0.3) is 6.08 Å². The first kappa shape index (κ1) is 12.6. The Balaban J connectivity index is 2.04. The van der Waals surface area contributed by atoms with Crippen LogP contribution in [-0.4, -0.2) is 25.3 Å². The fourth-order valence-corrected chi connectivity index (χ4v) is 2.03. The molecule has 1 aromatic rings. The van der Waals surface area contributed by atoms with Crippen molar-refractivity contribution in [3.8, 4) is 0 Å². The smallest absolute Gasteiger partial charge is 0.124 e. The zero-order chi connectivity index (χ0) is 12.3. The number of hydrogen-bond acceptors (Lipinski definition) is 2. The molecule has 1 aliphatic heterocycles. The Morgan fingerprint density at radius 2 is 2.29 bits per heavy atom. The van der Waals surface area contributed by atoms with Gasteiger partial charge in [0.2, 0.25) is 0 Å². The van der Waals surface area contributed by atoms with Gasteiger partial charge in [0.25, 0.3) is 0 Å². The van der Waals surface area contributed by atoms with Gasteiger partial charge in [0.1, 0.15) is 5.82 Å². The van der Waals surface area contributed by atoms with Gasteiger partial charge in [-0.25, -0.2) is 4.39 Å². The van der Waals surface area contributed by atoms with Gasteiger partial charge in [0, 0.05) is 12.1 Å². The molecule has 0 aromatic heterocycles. The second-order valence-corrected chi connectivity index (χ2v) is 4.64. The number of benzene rings is 1. The van der Waals surface area contributed by atoms with Crippen LogP contribution in [0.2, 0.25) is 5.02 Å². The fraction of sp³-hybridized carbons (Fsp3) is 0.385. The summed E-state index contributed by atoms with van der Waals surface area (Å²) in [6.07, 6.45) is 3.88. The van der Waals surface area contributed by atoms with E-state index < -0.39 is 0 Å². The predicted molar refractivity (Wildman–Crippen MR) is 67.6 cm³/mol. The summed E-state index contributed by atoms with van der Waals surface area (Å²) in [6.45, 7) is 3.46. The van der Waals surface area contributed by atoms with Gasteiger partial charge < -0.3 is 10.1 Å². The van der Waals surface area contributed by atoms with E-state index in [-0.39, 0.29) is 11.9 Å². The van der Waals surface area contributed by atoms with Crippen molar-refractivity contribution in [1.82, 2.24) is 5.32 Å². The first-order valence-corrected chi connectivity index (χ1v) is 6.00. The summed E-state index contributed by atoms with van der Waals surface area (Å²) in [5.41, 5.74) is 0.813. The average molecular weight is 256 g/mol. The van der Waals surface area contributed by atoms with Gasteiger partial charge in [-0.2, -0.15) is 0 Å². The molecule has 0 aliphatic carbocycles. The highest BCUT2D eigenvalue weighted by atomic mass is 35.5. The van der Waals surface area contributed by atoms with Crippen molar-refractivity contribution in [2.45, 2.75) is 19.0 Å². The van der Waals surface area contributed by atoms with Gasteiger partial charge in [-0.05, 0) is 24.6 Å². The van der Waals surface area contributed by atoms with Crippen LogP contribution in [0.1, 0.15) is 12.5 Å². The zero-order valence-corrected chi connectivity index (χ0v) is 10.4. The monoisotopic (exact) mass is 255 g/mol. The molecule has 1 aliphatic rings. The standard InChI is InChI=1S/C13H15ClFNO/c1-9-7-17-8-12(16-9)5-3-10-2-4-11(15)6-13(10)14/h2-6,9,12,16H,7-8H2,1H3/b5-3+. The summed E-state index contributed by atoms with van der Waals surface area (Å²) < 4.78 is 18.3. The average Bonchev–Trinajstić information content (AvgIpc) is 2.28. The minimum atomic E-state index is -0.320. The second-order valence-electron chi connectivity index (χ2n) is 4.24. The highest BCUT2D eigenvalue weighted by Crippen LogP contribution is 2.19. The van der Waals surface area contributed by atoms with Crippen molar-refractivity contribution in [3.63, 3.8) is 0 Å². The molecule has 4 heteroatoms. The number of halogens is 2. The third-order valence-corrected chi connectivity index (χ3v) is 2.96. The Morgan fingerprint density at radius 3 is 3.00 bits per heavy atom. The van der Waals surface area contributed by atoms with E-state index in [1.54, 1.807) is 6.07 Å². The summed E-state index contributed by atoms with van der Waals surface area (Å²) >= 11 is 5.93. The maximum atomic E-state index is 12.9. The van der Waals surface area contributed by atoms with E-state index in [9.17, 15) is 4.39 Å². The molecule has 1 N–H and O–H groups in total. The number of hydrogen-bond donors (Lipinski definition) is 1. The minimum absolute atomic E-state index is 0.180. The summed E-state index contributed by atoms with van der Waals surface area (Å²) in [4.78, 5) is 0. The summed E-state index contributed by atoms with van der Waals surface area (Å²) in [6, 6.07) is 4.91. The van der Waals surface area contributed by atoms with Crippen molar-refractivity contribution in [2.75, 3.05) is 13.2 Å². The lowest BCUT2D eigenvalue weighted by Crippen LogP contribution is -2.46. The second kappa shape index (κ2) is 5.63. The van der Waals surface area contributed by atoms with Crippen LogP contribution >= 0.6 is 11.6 Å². The Labute approximate surface area is 105 Å². The van der Waals surface area contributed by atoms with Gasteiger partial charge in [-0.1, -0.05) is 29.8 Å². The van der Waals surface area contributed by atoms with Crippen molar-refractivity contribution < 1.29 is 9.13 Å². The number of nitrogens with one attached hydrogen (secondary N) is 1. The van der Waals surface area contributed by atoms with Gasteiger partial charge in [-0.15, -0.1) is 0 Å². The summed E-state index contributed by atoms with van der Waals surface area (Å²) in [5.74, 6) is -0.320. The van der Waals surface area contributed by atoms with E-state index in [0.29, 0.717) is 17.7 Å². The summed E-state index contributed by atoms with van der Waals surface area (Å²) in [5, 5.41) is 3.81. The lowest BCUT2D eigenvalue weighted by molar-refractivity contribution is 0.0637. The highest BCUT2D eigenvalue weighted by molar-refractivity contribution is 6.32. The third-order valence-electron chi connectivity index (χ3n) is 2.63. The van der Waals surface area contributed by atoms with E-state index in [1.165, 1.54) is 12.1 Å². The molecule has 2 atom stereocenters. The quantitative estimate of drug-likeness (QED) is 0.878. The molecule has 0 bridgehead atoms. The topological polar surface area (TPSA) is 21.3 Å². The first-order valence-electron chi connectivity index (χ1n) is 5.62. The highest BCUT2D eigenvalue weighted by Gasteiger charge is 2.15. The van der Waals surface area contributed by atoms with E-state index >= 15 is 0 Å². The van der Waals surface area contributed by atoms with Crippen LogP contribution in [-0.2, 0) is 4.74 Å². The molecule has 2 unspecified atom stereocenters. The molecule has 1 fully saturated rings. The van der Waals surface area contributed by atoms with Crippen LogP contribution < -0.4 is 5.32 Å². The van der Waals surface area contributed by atoms with Gasteiger partial charge in [0.05, 0.1) is 18.2 Å². The third kappa shape index (κ3) is 3.53. The minimum Gasteiger partial charge on any atom is -0.378 e. The van der Waals surface area contributed by atoms with Gasteiger partial charge in [-0.3, -0.25) is 0 Å². The van der Waals surface area contributed by atoms with Crippen LogP contribution in [0.3, 0.4) is 0 Å². The Kier molecular flexibility index (Phi) is 4.15. The molecule has 1 heterocycles. The number of ether oxygens (including phenoxy) is 1. The summed E-state index contributed by atoms with van der Waals surface area (Å²) in [7, 11) is 0. The van der Waals surface area contributed by atoms with Crippen molar-refractivity contribution >= 4 is 17.7 Å². The van der Waals surface area contributed by atoms with Crippen LogP contribution in [0.5, 0.6) is 0 Å². The molecular formula is C13H15ClFNO. The predicted octanol–water partition coefficient (Wildman–Crippen LogP) is 2.87. The molecule has 0 spiro atoms. The SMILES string of the molecule is CC1COCC(/C=C/c2ccc(F)cc2Cl)N1. The Morgan fingerprint density at radius 1 is 1.47 bits per heavy atom. The van der Waals surface area contributed by atoms with Gasteiger partial charge >= 0.3 is 0 Å². The van der Waals surface area contributed by atoms with Crippen molar-refractivity contribution in [2.24, 2.45) is 0 Å². The van der Waals surface area contributed by atoms with E-state index in [2.05, 4.69) is 12.2 Å². The zero-order valence-electron chi connectivity index (χ0n) is 9.62. The lowest BCUT2D eigenvalue weighted by Gasteiger charge is -2.26. The Hall–Kier alpha value is -0.900. The fourth-order valence-electron chi connectivity index (χ4n) is 1.80. The molecule has 1 aromatic carbocycles. The maximum absolute atomic E-state index is 12.9. The molecule has 1 saturated heterocycles.